The van der Waals surface area contributed by atoms with Crippen molar-refractivity contribution in [2.75, 3.05) is 24.1 Å². The molecule has 0 aliphatic carbocycles. The fraction of sp³-hybridized carbons (Fsp3) is 0.562. The van der Waals surface area contributed by atoms with E-state index in [0.717, 1.165) is 30.8 Å². The van der Waals surface area contributed by atoms with Crippen molar-refractivity contribution in [3.63, 3.8) is 0 Å². The molecular weight excluding hydrogens is 250 g/mol. The van der Waals surface area contributed by atoms with Gasteiger partial charge in [-0.15, -0.1) is 0 Å². The fourth-order valence-corrected chi connectivity index (χ4v) is 2.16. The van der Waals surface area contributed by atoms with E-state index in [2.05, 4.69) is 31.0 Å². The molecule has 1 aromatic carbocycles. The minimum atomic E-state index is 0.0421. The van der Waals surface area contributed by atoms with Crippen LogP contribution < -0.4 is 11.1 Å². The molecule has 0 fully saturated rings. The number of carbonyl (C=O) groups excluding carboxylic acids is 1. The third-order valence-corrected chi connectivity index (χ3v) is 3.52. The van der Waals surface area contributed by atoms with E-state index in [9.17, 15) is 4.79 Å². The zero-order valence-corrected chi connectivity index (χ0v) is 13.1. The maximum Gasteiger partial charge on any atom is 0.225 e. The highest BCUT2D eigenvalue weighted by Gasteiger charge is 2.11. The lowest BCUT2D eigenvalue weighted by molar-refractivity contribution is -0.116. The summed E-state index contributed by atoms with van der Waals surface area (Å²) in [6, 6.07) is 6.05. The van der Waals surface area contributed by atoms with Crippen LogP contribution in [-0.2, 0) is 4.79 Å². The molecule has 0 aliphatic rings. The summed E-state index contributed by atoms with van der Waals surface area (Å²) in [5.74, 6) is 0.0421. The molecule has 0 heterocycles. The second-order valence-corrected chi connectivity index (χ2v) is 5.45. The summed E-state index contributed by atoms with van der Waals surface area (Å²) < 4.78 is 0. The monoisotopic (exact) mass is 277 g/mol. The van der Waals surface area contributed by atoms with Crippen molar-refractivity contribution >= 4 is 17.3 Å². The van der Waals surface area contributed by atoms with E-state index < -0.39 is 0 Å². The van der Waals surface area contributed by atoms with Gasteiger partial charge < -0.3 is 16.0 Å². The van der Waals surface area contributed by atoms with E-state index in [1.54, 1.807) is 0 Å². The first-order chi connectivity index (χ1) is 9.45. The lowest BCUT2D eigenvalue weighted by atomic mass is 10.1. The van der Waals surface area contributed by atoms with Crippen LogP contribution in [0.25, 0.3) is 0 Å². The summed E-state index contributed by atoms with van der Waals surface area (Å²) >= 11 is 0. The lowest BCUT2D eigenvalue weighted by Crippen LogP contribution is -2.34. The van der Waals surface area contributed by atoms with Gasteiger partial charge >= 0.3 is 0 Å². The Bertz CT molecular complexity index is 443. The smallest absolute Gasteiger partial charge is 0.225 e. The molecule has 0 saturated carbocycles. The molecule has 1 aromatic rings. The standard InChI is InChI=1S/C16H27N3O/c1-5-10-19(12(2)3)11-9-16(20)18-15-8-6-7-14(17)13(15)4/h6-8,12H,5,9-11,17H2,1-4H3,(H,18,20). The van der Waals surface area contributed by atoms with Gasteiger partial charge in [0.05, 0.1) is 0 Å². The summed E-state index contributed by atoms with van der Waals surface area (Å²) in [5.41, 5.74) is 8.28. The molecule has 0 unspecified atom stereocenters. The van der Waals surface area contributed by atoms with E-state index in [4.69, 9.17) is 5.73 Å². The SMILES string of the molecule is CCCN(CCC(=O)Nc1cccc(N)c1C)C(C)C. The average Bonchev–Trinajstić information content (AvgIpc) is 2.39. The Hall–Kier alpha value is -1.55. The van der Waals surface area contributed by atoms with Crippen LogP contribution in [0, 0.1) is 6.92 Å². The van der Waals surface area contributed by atoms with E-state index in [0.29, 0.717) is 18.2 Å². The Morgan fingerprint density at radius 1 is 1.35 bits per heavy atom. The Kier molecular flexibility index (Phi) is 6.52. The van der Waals surface area contributed by atoms with E-state index in [1.807, 2.05) is 25.1 Å². The van der Waals surface area contributed by atoms with Crippen LogP contribution in [0.5, 0.6) is 0 Å². The van der Waals surface area contributed by atoms with Crippen LogP contribution in [0.1, 0.15) is 39.2 Å². The molecule has 0 saturated heterocycles. The van der Waals surface area contributed by atoms with Gasteiger partial charge in [0.25, 0.3) is 0 Å². The molecule has 0 bridgehead atoms. The highest BCUT2D eigenvalue weighted by molar-refractivity contribution is 5.92. The maximum absolute atomic E-state index is 12.0. The van der Waals surface area contributed by atoms with Gasteiger partial charge in [0.1, 0.15) is 0 Å². The zero-order chi connectivity index (χ0) is 15.1. The van der Waals surface area contributed by atoms with Crippen LogP contribution in [0.2, 0.25) is 0 Å². The molecule has 112 valence electrons. The number of nitrogens with two attached hydrogens (primary N) is 1. The van der Waals surface area contributed by atoms with Crippen LogP contribution in [0.4, 0.5) is 11.4 Å². The molecule has 0 aromatic heterocycles. The predicted octanol–water partition coefficient (Wildman–Crippen LogP) is 3.03. The van der Waals surface area contributed by atoms with Crippen LogP contribution in [0.3, 0.4) is 0 Å². The van der Waals surface area contributed by atoms with Gasteiger partial charge in [0, 0.05) is 30.4 Å². The summed E-state index contributed by atoms with van der Waals surface area (Å²) in [5, 5.41) is 2.94. The Labute approximate surface area is 122 Å². The number of carbonyl (C=O) groups is 1. The Morgan fingerprint density at radius 3 is 2.65 bits per heavy atom. The highest BCUT2D eigenvalue weighted by Crippen LogP contribution is 2.20. The number of amides is 1. The summed E-state index contributed by atoms with van der Waals surface area (Å²) in [7, 11) is 0. The van der Waals surface area contributed by atoms with Crippen LogP contribution in [0.15, 0.2) is 18.2 Å². The molecule has 4 heteroatoms. The Balaban J connectivity index is 2.53. The molecule has 0 radical (unpaired) electrons. The first-order valence-electron chi connectivity index (χ1n) is 7.34. The van der Waals surface area contributed by atoms with Crippen LogP contribution in [-0.4, -0.2) is 29.9 Å². The van der Waals surface area contributed by atoms with Gasteiger partial charge in [-0.2, -0.15) is 0 Å². The van der Waals surface area contributed by atoms with Crippen molar-refractivity contribution in [2.24, 2.45) is 0 Å². The third kappa shape index (κ3) is 4.85. The van der Waals surface area contributed by atoms with Gasteiger partial charge in [-0.05, 0) is 51.4 Å². The number of benzene rings is 1. The molecule has 4 nitrogen and oxygen atoms in total. The predicted molar refractivity (Wildman–Crippen MR) is 85.8 cm³/mol. The number of hydrogen-bond acceptors (Lipinski definition) is 3. The average molecular weight is 277 g/mol. The van der Waals surface area contributed by atoms with Crippen molar-refractivity contribution in [2.45, 2.75) is 46.6 Å². The molecule has 0 aliphatic heterocycles. The van der Waals surface area contributed by atoms with Gasteiger partial charge in [-0.3, -0.25) is 4.79 Å². The van der Waals surface area contributed by atoms with E-state index in [1.165, 1.54) is 0 Å². The van der Waals surface area contributed by atoms with Gasteiger partial charge in [-0.1, -0.05) is 13.0 Å². The van der Waals surface area contributed by atoms with Crippen molar-refractivity contribution in [1.82, 2.24) is 4.90 Å². The molecule has 3 N–H and O–H groups in total. The first-order valence-corrected chi connectivity index (χ1v) is 7.34. The fourth-order valence-electron chi connectivity index (χ4n) is 2.16. The summed E-state index contributed by atoms with van der Waals surface area (Å²) in [4.78, 5) is 14.4. The number of nitrogens with zero attached hydrogens (tertiary/aromatic N) is 1. The maximum atomic E-state index is 12.0. The second kappa shape index (κ2) is 7.90. The minimum absolute atomic E-state index is 0.0421. The number of nitrogen functional groups attached to an aromatic ring is 1. The number of rotatable bonds is 7. The lowest BCUT2D eigenvalue weighted by Gasteiger charge is -2.25. The molecule has 0 atom stereocenters. The van der Waals surface area contributed by atoms with E-state index >= 15 is 0 Å². The molecule has 0 spiro atoms. The molecular formula is C16H27N3O. The first kappa shape index (κ1) is 16.5. The second-order valence-electron chi connectivity index (χ2n) is 5.45. The van der Waals surface area contributed by atoms with Gasteiger partial charge in [0.15, 0.2) is 0 Å². The number of nitrogens with one attached hydrogen (secondary N) is 1. The molecule has 1 amide bonds. The molecule has 1 rings (SSSR count). The minimum Gasteiger partial charge on any atom is -0.398 e. The van der Waals surface area contributed by atoms with Crippen molar-refractivity contribution in [3.05, 3.63) is 23.8 Å². The quantitative estimate of drug-likeness (QED) is 0.753. The van der Waals surface area contributed by atoms with Crippen LogP contribution >= 0.6 is 0 Å². The summed E-state index contributed by atoms with van der Waals surface area (Å²) in [6.07, 6.45) is 1.61. The van der Waals surface area contributed by atoms with Crippen molar-refractivity contribution in [3.8, 4) is 0 Å². The van der Waals surface area contributed by atoms with Gasteiger partial charge in [0.2, 0.25) is 5.91 Å². The summed E-state index contributed by atoms with van der Waals surface area (Å²) in [6.45, 7) is 10.2. The number of hydrogen-bond donors (Lipinski definition) is 2. The highest BCUT2D eigenvalue weighted by atomic mass is 16.1. The normalized spacial score (nSPS) is 11.1. The largest absolute Gasteiger partial charge is 0.398 e. The van der Waals surface area contributed by atoms with Crippen molar-refractivity contribution < 1.29 is 4.79 Å². The van der Waals surface area contributed by atoms with Gasteiger partial charge in [-0.25, -0.2) is 0 Å². The number of anilines is 2. The molecule has 20 heavy (non-hydrogen) atoms. The van der Waals surface area contributed by atoms with Crippen molar-refractivity contribution in [1.29, 1.82) is 0 Å². The van der Waals surface area contributed by atoms with E-state index in [-0.39, 0.29) is 5.91 Å². The topological polar surface area (TPSA) is 58.4 Å². The Morgan fingerprint density at radius 2 is 2.05 bits per heavy atom. The zero-order valence-electron chi connectivity index (χ0n) is 13.1. The third-order valence-electron chi connectivity index (χ3n) is 3.52.